The first-order valence-electron chi connectivity index (χ1n) is 10.2. The molecule has 156 valence electrons. The Labute approximate surface area is 177 Å². The van der Waals surface area contributed by atoms with Crippen molar-refractivity contribution in [1.82, 2.24) is 20.0 Å². The third-order valence-electron chi connectivity index (χ3n) is 6.20. The molecule has 6 nitrogen and oxygen atoms in total. The van der Waals surface area contributed by atoms with Crippen LogP contribution in [0.1, 0.15) is 50.3 Å². The van der Waals surface area contributed by atoms with Crippen LogP contribution in [0.25, 0.3) is 10.9 Å². The summed E-state index contributed by atoms with van der Waals surface area (Å²) < 4.78 is 1.79. The van der Waals surface area contributed by atoms with E-state index in [4.69, 9.17) is 5.41 Å². The summed E-state index contributed by atoms with van der Waals surface area (Å²) in [6.45, 7) is 8.53. The van der Waals surface area contributed by atoms with Crippen molar-refractivity contribution in [2.75, 3.05) is 7.05 Å². The molecule has 0 spiro atoms. The minimum Gasteiger partial charge on any atom is -0.346 e. The van der Waals surface area contributed by atoms with Crippen LogP contribution in [0, 0.1) is 5.41 Å². The van der Waals surface area contributed by atoms with E-state index in [0.717, 1.165) is 22.0 Å². The van der Waals surface area contributed by atoms with Crippen LogP contribution in [0.5, 0.6) is 0 Å². The average molecular weight is 404 g/mol. The number of hydrogen-bond acceptors (Lipinski definition) is 3. The maximum Gasteiger partial charge on any atom is 0.239 e. The molecule has 1 aliphatic rings. The van der Waals surface area contributed by atoms with Crippen LogP contribution < -0.4 is 5.32 Å². The Bertz CT molecular complexity index is 1140. The zero-order valence-corrected chi connectivity index (χ0v) is 18.4. The monoisotopic (exact) mass is 403 g/mol. The lowest BCUT2D eigenvalue weighted by atomic mass is 9.73. The zero-order valence-electron chi connectivity index (χ0n) is 18.4. The first kappa shape index (κ1) is 20.1. The molecule has 1 fully saturated rings. The molecule has 1 saturated heterocycles. The van der Waals surface area contributed by atoms with Crippen LogP contribution in [0.4, 0.5) is 0 Å². The second kappa shape index (κ2) is 6.69. The van der Waals surface area contributed by atoms with Gasteiger partial charge in [0, 0.05) is 25.7 Å². The maximum atomic E-state index is 13.4. The topological polar surface area (TPSA) is 74.0 Å². The summed E-state index contributed by atoms with van der Waals surface area (Å²) in [5.74, 6) is -0.455. The highest BCUT2D eigenvalue weighted by atomic mass is 16.2. The molecule has 1 amide bonds. The highest BCUT2D eigenvalue weighted by Crippen LogP contribution is 2.41. The molecule has 30 heavy (non-hydrogen) atoms. The van der Waals surface area contributed by atoms with E-state index < -0.39 is 11.5 Å². The fraction of sp³-hybridized carbons (Fsp3) is 0.375. The van der Waals surface area contributed by atoms with Gasteiger partial charge in [-0.2, -0.15) is 5.10 Å². The largest absolute Gasteiger partial charge is 0.346 e. The quantitative estimate of drug-likeness (QED) is 0.682. The van der Waals surface area contributed by atoms with Gasteiger partial charge in [0.1, 0.15) is 0 Å². The number of rotatable bonds is 2. The number of nitrogens with one attached hydrogen (secondary N) is 2. The van der Waals surface area contributed by atoms with Crippen molar-refractivity contribution >= 4 is 22.8 Å². The van der Waals surface area contributed by atoms with Gasteiger partial charge >= 0.3 is 0 Å². The summed E-state index contributed by atoms with van der Waals surface area (Å²) in [5.41, 5.74) is 3.24. The number of hydrogen-bond donors (Lipinski definition) is 2. The number of likely N-dealkylation sites (N-methyl/N-ethyl adjacent to an activating group) is 1. The summed E-state index contributed by atoms with van der Waals surface area (Å²) in [6.07, 6.45) is 1.97. The van der Waals surface area contributed by atoms with Crippen LogP contribution in [0.3, 0.4) is 0 Å². The molecular weight excluding hydrogens is 374 g/mol. The lowest BCUT2D eigenvalue weighted by Gasteiger charge is -2.46. The molecule has 2 heterocycles. The smallest absolute Gasteiger partial charge is 0.239 e. The van der Waals surface area contributed by atoms with E-state index >= 15 is 0 Å². The average Bonchev–Trinajstić information content (AvgIpc) is 3.05. The lowest BCUT2D eigenvalue weighted by Crippen LogP contribution is -2.62. The van der Waals surface area contributed by atoms with Crippen molar-refractivity contribution < 1.29 is 4.79 Å². The molecule has 0 saturated carbocycles. The summed E-state index contributed by atoms with van der Waals surface area (Å²) in [7, 11) is 3.55. The van der Waals surface area contributed by atoms with E-state index in [0.29, 0.717) is 0 Å². The van der Waals surface area contributed by atoms with Crippen molar-refractivity contribution in [2.45, 2.75) is 44.6 Å². The maximum absolute atomic E-state index is 13.4. The Hall–Kier alpha value is -3.15. The number of aryl methyl sites for hydroxylation is 1. The van der Waals surface area contributed by atoms with E-state index in [1.54, 1.807) is 11.7 Å². The molecule has 6 heteroatoms. The van der Waals surface area contributed by atoms with Gasteiger partial charge in [0.05, 0.1) is 17.0 Å². The molecular formula is C24H29N5O. The van der Waals surface area contributed by atoms with Gasteiger partial charge in [-0.3, -0.25) is 19.8 Å². The van der Waals surface area contributed by atoms with Crippen LogP contribution in [-0.4, -0.2) is 33.6 Å². The first-order chi connectivity index (χ1) is 14.0. The minimum atomic E-state index is -0.768. The van der Waals surface area contributed by atoms with Gasteiger partial charge in [-0.1, -0.05) is 57.2 Å². The molecule has 0 unspecified atom stereocenters. The molecule has 0 radical (unpaired) electrons. The van der Waals surface area contributed by atoms with E-state index in [2.05, 4.69) is 43.3 Å². The molecule has 1 aromatic heterocycles. The standard InChI is InChI=1S/C24H29N5O/c1-23(2,3)17-10-7-15(8-11-17)20-21(30)29(6)22(25)26-24(20,4)18-12-9-16-14-28(5)27-19(16)13-18/h7-14,20H,1-6H3,(H2,25,26)/t20-,24+/m0/s1. The molecule has 1 aliphatic heterocycles. The van der Waals surface area contributed by atoms with Gasteiger partial charge in [-0.25, -0.2) is 0 Å². The van der Waals surface area contributed by atoms with Crippen molar-refractivity contribution in [3.05, 3.63) is 65.4 Å². The number of aromatic nitrogens is 2. The molecule has 2 N–H and O–H groups in total. The number of benzene rings is 2. The van der Waals surface area contributed by atoms with E-state index in [9.17, 15) is 4.79 Å². The van der Waals surface area contributed by atoms with E-state index in [-0.39, 0.29) is 17.3 Å². The van der Waals surface area contributed by atoms with Gasteiger partial charge in [-0.05, 0) is 35.1 Å². The Morgan fingerprint density at radius 2 is 1.77 bits per heavy atom. The van der Waals surface area contributed by atoms with Crippen molar-refractivity contribution in [1.29, 1.82) is 5.41 Å². The van der Waals surface area contributed by atoms with Gasteiger partial charge in [-0.15, -0.1) is 0 Å². The normalized spacial score (nSPS) is 22.5. The van der Waals surface area contributed by atoms with Crippen LogP contribution in [-0.2, 0) is 22.8 Å². The zero-order chi connectivity index (χ0) is 21.8. The number of carbonyl (C=O) groups excluding carboxylic acids is 1. The Kier molecular flexibility index (Phi) is 4.49. The third-order valence-corrected chi connectivity index (χ3v) is 6.20. The van der Waals surface area contributed by atoms with Crippen molar-refractivity contribution in [2.24, 2.45) is 7.05 Å². The second-order valence-corrected chi connectivity index (χ2v) is 9.45. The fourth-order valence-corrected chi connectivity index (χ4v) is 4.31. The summed E-state index contributed by atoms with van der Waals surface area (Å²) in [5, 5.41) is 17.2. The summed E-state index contributed by atoms with van der Waals surface area (Å²) >= 11 is 0. The first-order valence-corrected chi connectivity index (χ1v) is 10.2. The van der Waals surface area contributed by atoms with Crippen LogP contribution >= 0.6 is 0 Å². The SMILES string of the molecule is CN1C(=N)N[C@](C)(c2ccc3cn(C)nc3c2)[C@@H](c2ccc(C(C)(C)C)cc2)C1=O. The van der Waals surface area contributed by atoms with Crippen LogP contribution in [0.15, 0.2) is 48.7 Å². The number of amides is 1. The van der Waals surface area contributed by atoms with Gasteiger partial charge in [0.2, 0.25) is 5.91 Å². The lowest BCUT2D eigenvalue weighted by molar-refractivity contribution is -0.131. The number of carbonyl (C=O) groups is 1. The minimum absolute atomic E-state index is 0.0413. The van der Waals surface area contributed by atoms with Crippen LogP contribution in [0.2, 0.25) is 0 Å². The molecule has 2 aromatic carbocycles. The number of fused-ring (bicyclic) bond motifs is 1. The predicted octanol–water partition coefficient (Wildman–Crippen LogP) is 3.87. The van der Waals surface area contributed by atoms with Gasteiger partial charge < -0.3 is 5.32 Å². The fourth-order valence-electron chi connectivity index (χ4n) is 4.31. The highest BCUT2D eigenvalue weighted by Gasteiger charge is 2.48. The van der Waals surface area contributed by atoms with Crippen molar-refractivity contribution in [3.63, 3.8) is 0 Å². The second-order valence-electron chi connectivity index (χ2n) is 9.45. The molecule has 3 aromatic rings. The summed E-state index contributed by atoms with van der Waals surface area (Å²) in [4.78, 5) is 14.8. The Balaban J connectivity index is 1.85. The Morgan fingerprint density at radius 1 is 1.10 bits per heavy atom. The van der Waals surface area contributed by atoms with E-state index in [1.165, 1.54) is 10.5 Å². The highest BCUT2D eigenvalue weighted by molar-refractivity contribution is 6.02. The predicted molar refractivity (Wildman–Crippen MR) is 120 cm³/mol. The number of nitrogens with zero attached hydrogens (tertiary/aromatic N) is 3. The molecule has 0 bridgehead atoms. The van der Waals surface area contributed by atoms with Crippen molar-refractivity contribution in [3.8, 4) is 0 Å². The number of guanidine groups is 1. The summed E-state index contributed by atoms with van der Waals surface area (Å²) in [6, 6.07) is 14.4. The van der Waals surface area contributed by atoms with E-state index in [1.807, 2.05) is 50.5 Å². The molecule has 0 aliphatic carbocycles. The molecule has 2 atom stereocenters. The Morgan fingerprint density at radius 3 is 2.40 bits per heavy atom. The van der Waals surface area contributed by atoms with Gasteiger partial charge in [0.25, 0.3) is 0 Å². The molecule has 4 rings (SSSR count). The third kappa shape index (κ3) is 3.16. The van der Waals surface area contributed by atoms with Gasteiger partial charge in [0.15, 0.2) is 5.96 Å².